The first-order valence-electron chi connectivity index (χ1n) is 7.59. The van der Waals surface area contributed by atoms with Crippen LogP contribution in [0.1, 0.15) is 34.4 Å². The van der Waals surface area contributed by atoms with Gasteiger partial charge in [0, 0.05) is 28.9 Å². The number of nitrogens with one attached hydrogen (secondary N) is 2. The Morgan fingerprint density at radius 1 is 1.29 bits per heavy atom. The number of benzene rings is 1. The molecule has 0 atom stereocenters. The molecule has 0 aliphatic carbocycles. The van der Waals surface area contributed by atoms with Gasteiger partial charge in [-0.15, -0.1) is 0 Å². The Morgan fingerprint density at radius 2 is 2.04 bits per heavy atom. The molecule has 2 aromatic rings. The summed E-state index contributed by atoms with van der Waals surface area (Å²) in [5.41, 5.74) is 5.66. The average molecular weight is 345 g/mol. The summed E-state index contributed by atoms with van der Waals surface area (Å²) in [7, 11) is 0. The van der Waals surface area contributed by atoms with E-state index < -0.39 is 5.97 Å². The molecule has 1 aromatic carbocycles. The van der Waals surface area contributed by atoms with Gasteiger partial charge in [-0.3, -0.25) is 9.59 Å². The molecule has 2 heterocycles. The molecule has 0 saturated heterocycles. The predicted octanol–water partition coefficient (Wildman–Crippen LogP) is 3.79. The lowest BCUT2D eigenvalue weighted by Gasteiger charge is -2.05. The number of aryl methyl sites for hydroxylation is 2. The molecule has 5 nitrogen and oxygen atoms in total. The Balaban J connectivity index is 2.05. The van der Waals surface area contributed by atoms with Gasteiger partial charge in [-0.05, 0) is 55.2 Å². The number of amides is 1. The normalized spacial score (nSPS) is 14.8. The van der Waals surface area contributed by atoms with Crippen LogP contribution in [0.2, 0.25) is 5.02 Å². The average Bonchev–Trinajstić information content (AvgIpc) is 2.98. The van der Waals surface area contributed by atoms with Gasteiger partial charge in [-0.2, -0.15) is 0 Å². The smallest absolute Gasteiger partial charge is 0.303 e. The van der Waals surface area contributed by atoms with E-state index in [-0.39, 0.29) is 12.3 Å². The molecule has 0 fully saturated rings. The maximum absolute atomic E-state index is 12.4. The van der Waals surface area contributed by atoms with Crippen molar-refractivity contribution in [3.63, 3.8) is 0 Å². The minimum atomic E-state index is -0.844. The zero-order valence-electron chi connectivity index (χ0n) is 13.4. The van der Waals surface area contributed by atoms with Crippen LogP contribution in [0.25, 0.3) is 11.6 Å². The largest absolute Gasteiger partial charge is 0.481 e. The Morgan fingerprint density at radius 3 is 2.75 bits per heavy atom. The van der Waals surface area contributed by atoms with Gasteiger partial charge in [0.1, 0.15) is 0 Å². The standard InChI is InChI=1S/C18H17ClN2O3/c1-9-5-11(19)6-15-17(9)13(18(24)21-15)7-14-12(3-4-16(22)23)10(2)8-20-14/h5-8,20H,3-4H2,1-2H3,(H,21,24)(H,22,23). The zero-order valence-corrected chi connectivity index (χ0v) is 14.1. The number of aromatic amines is 1. The fourth-order valence-electron chi connectivity index (χ4n) is 3.05. The van der Waals surface area contributed by atoms with Crippen molar-refractivity contribution < 1.29 is 14.7 Å². The highest BCUT2D eigenvalue weighted by Gasteiger charge is 2.27. The monoisotopic (exact) mass is 344 g/mol. The van der Waals surface area contributed by atoms with Gasteiger partial charge in [0.15, 0.2) is 0 Å². The molecular weight excluding hydrogens is 328 g/mol. The lowest BCUT2D eigenvalue weighted by molar-refractivity contribution is -0.137. The minimum Gasteiger partial charge on any atom is -0.481 e. The molecule has 124 valence electrons. The van der Waals surface area contributed by atoms with Crippen LogP contribution >= 0.6 is 11.6 Å². The highest BCUT2D eigenvalue weighted by atomic mass is 35.5. The van der Waals surface area contributed by atoms with Gasteiger partial charge >= 0.3 is 5.97 Å². The number of aliphatic carboxylic acids is 1. The number of carboxylic acids is 1. The van der Waals surface area contributed by atoms with Crippen LogP contribution in [0.4, 0.5) is 5.69 Å². The first kappa shape index (κ1) is 16.3. The lowest BCUT2D eigenvalue weighted by atomic mass is 9.98. The van der Waals surface area contributed by atoms with E-state index >= 15 is 0 Å². The van der Waals surface area contributed by atoms with Gasteiger partial charge in [0.05, 0.1) is 11.3 Å². The van der Waals surface area contributed by atoms with E-state index in [1.807, 2.05) is 26.1 Å². The molecular formula is C18H17ClN2O3. The van der Waals surface area contributed by atoms with Gasteiger partial charge < -0.3 is 15.4 Å². The van der Waals surface area contributed by atoms with Crippen molar-refractivity contribution in [3.8, 4) is 0 Å². The molecule has 0 spiro atoms. The van der Waals surface area contributed by atoms with Crippen molar-refractivity contribution in [1.29, 1.82) is 0 Å². The fraction of sp³-hybridized carbons (Fsp3) is 0.222. The van der Waals surface area contributed by atoms with Crippen molar-refractivity contribution in [3.05, 3.63) is 51.3 Å². The molecule has 0 bridgehead atoms. The Bertz CT molecular complexity index is 881. The van der Waals surface area contributed by atoms with Crippen LogP contribution in [0.5, 0.6) is 0 Å². The summed E-state index contributed by atoms with van der Waals surface area (Å²) < 4.78 is 0. The number of H-pyrrole nitrogens is 1. The van der Waals surface area contributed by atoms with Crippen LogP contribution in [0.3, 0.4) is 0 Å². The molecule has 24 heavy (non-hydrogen) atoms. The van der Waals surface area contributed by atoms with Crippen LogP contribution < -0.4 is 5.32 Å². The number of rotatable bonds is 4. The van der Waals surface area contributed by atoms with Gasteiger partial charge in [-0.1, -0.05) is 11.6 Å². The summed E-state index contributed by atoms with van der Waals surface area (Å²) >= 11 is 6.05. The van der Waals surface area contributed by atoms with Gasteiger partial charge in [0.25, 0.3) is 5.91 Å². The molecule has 0 radical (unpaired) electrons. The molecule has 6 heteroatoms. The highest BCUT2D eigenvalue weighted by Crippen LogP contribution is 2.38. The van der Waals surface area contributed by atoms with Crippen LogP contribution in [-0.4, -0.2) is 22.0 Å². The Labute approximate surface area is 144 Å². The van der Waals surface area contributed by atoms with E-state index in [2.05, 4.69) is 10.3 Å². The predicted molar refractivity (Wildman–Crippen MR) is 94.2 cm³/mol. The van der Waals surface area contributed by atoms with E-state index in [0.29, 0.717) is 22.7 Å². The van der Waals surface area contributed by atoms with E-state index in [1.54, 1.807) is 12.1 Å². The van der Waals surface area contributed by atoms with E-state index in [4.69, 9.17) is 16.7 Å². The molecule has 1 aromatic heterocycles. The molecule has 1 aliphatic rings. The third kappa shape index (κ3) is 2.95. The summed E-state index contributed by atoms with van der Waals surface area (Å²) in [6, 6.07) is 3.55. The number of carbonyl (C=O) groups is 2. The highest BCUT2D eigenvalue weighted by molar-refractivity contribution is 6.37. The SMILES string of the molecule is Cc1c[nH]c(C=C2C(=O)Nc3cc(Cl)cc(C)c32)c1CCC(=O)O. The van der Waals surface area contributed by atoms with Crippen LogP contribution in [0.15, 0.2) is 18.3 Å². The maximum atomic E-state index is 12.4. The van der Waals surface area contributed by atoms with Crippen molar-refractivity contribution in [2.75, 3.05) is 5.32 Å². The lowest BCUT2D eigenvalue weighted by Crippen LogP contribution is -2.04. The summed E-state index contributed by atoms with van der Waals surface area (Å²) in [5.74, 6) is -1.03. The number of aromatic nitrogens is 1. The maximum Gasteiger partial charge on any atom is 0.303 e. The number of anilines is 1. The number of halogens is 1. The van der Waals surface area contributed by atoms with Gasteiger partial charge in [-0.25, -0.2) is 0 Å². The molecule has 0 unspecified atom stereocenters. The molecule has 1 amide bonds. The number of hydrogen-bond donors (Lipinski definition) is 3. The Kier molecular flexibility index (Phi) is 4.20. The first-order chi connectivity index (χ1) is 11.4. The molecule has 3 N–H and O–H groups in total. The quantitative estimate of drug-likeness (QED) is 0.738. The fourth-order valence-corrected chi connectivity index (χ4v) is 3.32. The van der Waals surface area contributed by atoms with Crippen molar-refractivity contribution in [2.45, 2.75) is 26.7 Å². The summed E-state index contributed by atoms with van der Waals surface area (Å²) in [4.78, 5) is 26.3. The third-order valence-corrected chi connectivity index (χ3v) is 4.40. The number of hydrogen-bond acceptors (Lipinski definition) is 2. The third-order valence-electron chi connectivity index (χ3n) is 4.19. The van der Waals surface area contributed by atoms with E-state index in [1.165, 1.54) is 0 Å². The second-order valence-corrected chi connectivity index (χ2v) is 6.35. The summed E-state index contributed by atoms with van der Waals surface area (Å²) in [6.45, 7) is 3.83. The molecule has 1 aliphatic heterocycles. The van der Waals surface area contributed by atoms with Gasteiger partial charge in [0.2, 0.25) is 0 Å². The second-order valence-electron chi connectivity index (χ2n) is 5.92. The zero-order chi connectivity index (χ0) is 17.4. The number of carboxylic acid groups (broad SMARTS) is 1. The topological polar surface area (TPSA) is 82.2 Å². The number of fused-ring (bicyclic) bond motifs is 1. The van der Waals surface area contributed by atoms with Crippen molar-refractivity contribution in [1.82, 2.24) is 4.98 Å². The molecule has 3 rings (SSSR count). The van der Waals surface area contributed by atoms with Crippen molar-refractivity contribution >= 4 is 40.8 Å². The summed E-state index contributed by atoms with van der Waals surface area (Å²) in [5, 5.41) is 12.3. The minimum absolute atomic E-state index is 0.0479. The Hall–Kier alpha value is -2.53. The van der Waals surface area contributed by atoms with Crippen molar-refractivity contribution in [2.24, 2.45) is 0 Å². The van der Waals surface area contributed by atoms with Crippen LogP contribution in [0, 0.1) is 13.8 Å². The van der Waals surface area contributed by atoms with Crippen LogP contribution in [-0.2, 0) is 16.0 Å². The summed E-state index contributed by atoms with van der Waals surface area (Å²) in [6.07, 6.45) is 4.07. The first-order valence-corrected chi connectivity index (χ1v) is 7.97. The van der Waals surface area contributed by atoms with E-state index in [0.717, 1.165) is 27.9 Å². The van der Waals surface area contributed by atoms with E-state index in [9.17, 15) is 9.59 Å². The number of carbonyl (C=O) groups excluding carboxylic acids is 1. The second kappa shape index (κ2) is 6.17. The molecule has 0 saturated carbocycles.